The average molecular weight is 451 g/mol. The van der Waals surface area contributed by atoms with Gasteiger partial charge in [-0.25, -0.2) is 9.78 Å². The molecule has 0 bridgehead atoms. The smallest absolute Gasteiger partial charge is 0.332 e. The van der Waals surface area contributed by atoms with Crippen LogP contribution in [0.5, 0.6) is 11.5 Å². The summed E-state index contributed by atoms with van der Waals surface area (Å²) in [7, 11) is 2.91. The molecule has 0 fully saturated rings. The Kier molecular flexibility index (Phi) is 4.96. The van der Waals surface area contributed by atoms with Crippen LogP contribution in [0.3, 0.4) is 0 Å². The van der Waals surface area contributed by atoms with Crippen molar-refractivity contribution in [3.05, 3.63) is 63.8 Å². The first-order valence-corrected chi connectivity index (χ1v) is 10.2. The lowest BCUT2D eigenvalue weighted by atomic mass is 10.2. The molecule has 12 heteroatoms. The second kappa shape index (κ2) is 7.97. The first-order valence-electron chi connectivity index (χ1n) is 10.2. The number of para-hydroxylation sites is 2. The quantitative estimate of drug-likeness (QED) is 0.456. The van der Waals surface area contributed by atoms with Crippen molar-refractivity contribution in [3.63, 3.8) is 0 Å². The highest BCUT2D eigenvalue weighted by atomic mass is 16.6. The second-order valence-corrected chi connectivity index (χ2v) is 7.75. The van der Waals surface area contributed by atoms with Gasteiger partial charge < -0.3 is 19.4 Å². The van der Waals surface area contributed by atoms with Crippen molar-refractivity contribution < 1.29 is 14.3 Å². The van der Waals surface area contributed by atoms with Crippen LogP contribution in [0.2, 0.25) is 0 Å². The monoisotopic (exact) mass is 451 g/mol. The van der Waals surface area contributed by atoms with E-state index < -0.39 is 11.2 Å². The van der Waals surface area contributed by atoms with Gasteiger partial charge in [-0.15, -0.1) is 0 Å². The molecule has 170 valence electrons. The molecule has 1 amide bonds. The van der Waals surface area contributed by atoms with Gasteiger partial charge in [-0.1, -0.05) is 12.1 Å². The molecule has 0 saturated heterocycles. The maximum Gasteiger partial charge on any atom is 0.332 e. The summed E-state index contributed by atoms with van der Waals surface area (Å²) in [5.41, 5.74) is -0.0880. The number of ether oxygens (including phenoxy) is 2. The van der Waals surface area contributed by atoms with Crippen LogP contribution >= 0.6 is 0 Å². The van der Waals surface area contributed by atoms with Crippen molar-refractivity contribution in [2.24, 2.45) is 14.1 Å². The summed E-state index contributed by atoms with van der Waals surface area (Å²) in [6.07, 6.45) is 4.37. The molecular weight excluding hydrogens is 430 g/mol. The number of nitrogens with one attached hydrogen (secondary N) is 1. The first kappa shape index (κ1) is 20.5. The number of carbonyl (C=O) groups excluding carboxylic acids is 1. The molecule has 4 heterocycles. The number of aromatic nitrogens is 6. The molecule has 12 nitrogen and oxygen atoms in total. The Labute approximate surface area is 186 Å². The third-order valence-corrected chi connectivity index (χ3v) is 5.41. The number of amides is 1. The van der Waals surface area contributed by atoms with Gasteiger partial charge >= 0.3 is 5.69 Å². The van der Waals surface area contributed by atoms with Gasteiger partial charge in [0.2, 0.25) is 5.91 Å². The zero-order valence-corrected chi connectivity index (χ0v) is 18.0. The lowest BCUT2D eigenvalue weighted by Gasteiger charge is -2.26. The Morgan fingerprint density at radius 1 is 1.18 bits per heavy atom. The first-order chi connectivity index (χ1) is 15.9. The molecule has 33 heavy (non-hydrogen) atoms. The number of anilines is 1. The van der Waals surface area contributed by atoms with Gasteiger partial charge in [0, 0.05) is 20.3 Å². The Morgan fingerprint density at radius 3 is 2.79 bits per heavy atom. The van der Waals surface area contributed by atoms with E-state index in [0.717, 1.165) is 4.57 Å². The molecule has 1 atom stereocenters. The summed E-state index contributed by atoms with van der Waals surface area (Å²) >= 11 is 0. The Hall–Kier alpha value is -4.35. The van der Waals surface area contributed by atoms with Crippen LogP contribution in [-0.2, 0) is 32.0 Å². The maximum atomic E-state index is 12.6. The van der Waals surface area contributed by atoms with E-state index in [2.05, 4.69) is 15.4 Å². The minimum absolute atomic E-state index is 0.147. The molecule has 0 spiro atoms. The maximum absolute atomic E-state index is 12.6. The van der Waals surface area contributed by atoms with Crippen LogP contribution in [-0.4, -0.2) is 47.1 Å². The average Bonchev–Trinajstić information content (AvgIpc) is 3.43. The van der Waals surface area contributed by atoms with Gasteiger partial charge in [0.1, 0.15) is 13.2 Å². The van der Waals surface area contributed by atoms with E-state index in [1.54, 1.807) is 10.9 Å². The summed E-state index contributed by atoms with van der Waals surface area (Å²) in [5.74, 6) is 1.03. The van der Waals surface area contributed by atoms with E-state index >= 15 is 0 Å². The molecule has 0 saturated carbocycles. The highest BCUT2D eigenvalue weighted by Crippen LogP contribution is 2.31. The van der Waals surface area contributed by atoms with Crippen LogP contribution in [0.25, 0.3) is 11.2 Å². The van der Waals surface area contributed by atoms with Crippen LogP contribution in [0.1, 0.15) is 0 Å². The second-order valence-electron chi connectivity index (χ2n) is 7.75. The molecular formula is C21H21N7O5. The topological polar surface area (TPSA) is 127 Å². The summed E-state index contributed by atoms with van der Waals surface area (Å²) in [5, 5.41) is 7.03. The van der Waals surface area contributed by atoms with Crippen molar-refractivity contribution in [1.29, 1.82) is 0 Å². The number of hydrogen-bond acceptors (Lipinski definition) is 7. The number of rotatable bonds is 5. The van der Waals surface area contributed by atoms with E-state index in [-0.39, 0.29) is 29.7 Å². The SMILES string of the molecule is Cn1c(=O)c2c(ncn2CC(=O)Nc2cnn(CC3COc4ccccc4O3)c2)n(C)c1=O. The van der Waals surface area contributed by atoms with Gasteiger partial charge in [0.05, 0.1) is 24.8 Å². The zero-order valence-electron chi connectivity index (χ0n) is 18.0. The van der Waals surface area contributed by atoms with Crippen LogP contribution in [0, 0.1) is 0 Å². The number of carbonyl (C=O) groups is 1. The van der Waals surface area contributed by atoms with Gasteiger partial charge in [-0.3, -0.25) is 23.4 Å². The summed E-state index contributed by atoms with van der Waals surface area (Å²) in [6.45, 7) is 0.690. The van der Waals surface area contributed by atoms with Crippen LogP contribution < -0.4 is 26.0 Å². The van der Waals surface area contributed by atoms with Crippen molar-refractivity contribution >= 4 is 22.8 Å². The van der Waals surface area contributed by atoms with Crippen molar-refractivity contribution in [3.8, 4) is 11.5 Å². The minimum atomic E-state index is -0.512. The molecule has 0 aliphatic carbocycles. The minimum Gasteiger partial charge on any atom is -0.486 e. The van der Waals surface area contributed by atoms with Gasteiger partial charge in [0.15, 0.2) is 28.8 Å². The van der Waals surface area contributed by atoms with E-state index in [1.807, 2.05) is 24.3 Å². The molecule has 0 radical (unpaired) electrons. The number of nitrogens with zero attached hydrogens (tertiary/aromatic N) is 6. The Bertz CT molecular complexity index is 1480. The highest BCUT2D eigenvalue weighted by Gasteiger charge is 2.21. The van der Waals surface area contributed by atoms with E-state index in [0.29, 0.717) is 30.3 Å². The van der Waals surface area contributed by atoms with E-state index in [4.69, 9.17) is 9.47 Å². The normalized spacial score (nSPS) is 15.0. The molecule has 3 aromatic heterocycles. The number of benzene rings is 1. The lowest BCUT2D eigenvalue weighted by molar-refractivity contribution is -0.116. The van der Waals surface area contributed by atoms with Gasteiger partial charge in [-0.2, -0.15) is 5.10 Å². The molecule has 1 unspecified atom stereocenters. The predicted octanol–water partition coefficient (Wildman–Crippen LogP) is 0.109. The Balaban J connectivity index is 1.26. The fourth-order valence-electron chi connectivity index (χ4n) is 3.76. The number of imidazole rings is 1. The zero-order chi connectivity index (χ0) is 23.1. The number of hydrogen-bond donors (Lipinski definition) is 1. The van der Waals surface area contributed by atoms with E-state index in [9.17, 15) is 14.4 Å². The summed E-state index contributed by atoms with van der Waals surface area (Å²) in [6, 6.07) is 7.47. The van der Waals surface area contributed by atoms with Crippen molar-refractivity contribution in [2.45, 2.75) is 19.2 Å². The predicted molar refractivity (Wildman–Crippen MR) is 117 cm³/mol. The molecule has 1 N–H and O–H groups in total. The molecule has 5 rings (SSSR count). The van der Waals surface area contributed by atoms with E-state index in [1.165, 1.54) is 35.8 Å². The Morgan fingerprint density at radius 2 is 1.97 bits per heavy atom. The number of fused-ring (bicyclic) bond motifs is 2. The molecule has 1 aliphatic heterocycles. The highest BCUT2D eigenvalue weighted by molar-refractivity contribution is 5.91. The lowest BCUT2D eigenvalue weighted by Crippen LogP contribution is -2.37. The third kappa shape index (κ3) is 3.75. The summed E-state index contributed by atoms with van der Waals surface area (Å²) < 4.78 is 17.0. The fourth-order valence-corrected chi connectivity index (χ4v) is 3.76. The molecule has 1 aromatic carbocycles. The molecule has 1 aliphatic rings. The van der Waals surface area contributed by atoms with Crippen LogP contribution in [0.4, 0.5) is 5.69 Å². The standard InChI is InChI=1S/C21H21N7O5/c1-25-19-18(20(30)26(2)21(25)31)27(12-22-19)10-17(29)24-13-7-23-28(8-13)9-14-11-32-15-5-3-4-6-16(15)33-14/h3-8,12,14H,9-11H2,1-2H3,(H,24,29). The van der Waals surface area contributed by atoms with Crippen molar-refractivity contribution in [1.82, 2.24) is 28.5 Å². The third-order valence-electron chi connectivity index (χ3n) is 5.41. The fraction of sp³-hybridized carbons (Fsp3) is 0.286. The van der Waals surface area contributed by atoms with Gasteiger partial charge in [-0.05, 0) is 12.1 Å². The van der Waals surface area contributed by atoms with Gasteiger partial charge in [0.25, 0.3) is 5.56 Å². The number of aryl methyl sites for hydroxylation is 1. The van der Waals surface area contributed by atoms with Crippen molar-refractivity contribution in [2.75, 3.05) is 11.9 Å². The largest absolute Gasteiger partial charge is 0.486 e. The summed E-state index contributed by atoms with van der Waals surface area (Å²) in [4.78, 5) is 41.3. The van der Waals surface area contributed by atoms with Crippen LogP contribution in [0.15, 0.2) is 52.6 Å². The molecule has 4 aromatic rings.